The third-order valence-electron chi connectivity index (χ3n) is 7.65. The van der Waals surface area contributed by atoms with Gasteiger partial charge < -0.3 is 14.5 Å². The van der Waals surface area contributed by atoms with E-state index in [0.29, 0.717) is 25.2 Å². The molecule has 0 radical (unpaired) electrons. The van der Waals surface area contributed by atoms with Crippen molar-refractivity contribution in [2.45, 2.75) is 50.5 Å². The Morgan fingerprint density at radius 3 is 2.73 bits per heavy atom. The molecular formula is C29H32BrN3O3S. The van der Waals surface area contributed by atoms with Crippen LogP contribution >= 0.6 is 27.3 Å². The van der Waals surface area contributed by atoms with Gasteiger partial charge in [0.25, 0.3) is 5.91 Å². The van der Waals surface area contributed by atoms with Crippen LogP contribution in [-0.4, -0.2) is 53.8 Å². The predicted octanol–water partition coefficient (Wildman–Crippen LogP) is 6.01. The van der Waals surface area contributed by atoms with Gasteiger partial charge in [-0.05, 0) is 61.4 Å². The Morgan fingerprint density at radius 2 is 1.95 bits per heavy atom. The van der Waals surface area contributed by atoms with Crippen molar-refractivity contribution >= 4 is 39.1 Å². The number of methoxy groups -OCH3 is 1. The zero-order valence-electron chi connectivity index (χ0n) is 21.3. The highest BCUT2D eigenvalue weighted by Gasteiger charge is 2.30. The highest BCUT2D eigenvalue weighted by atomic mass is 79.9. The lowest BCUT2D eigenvalue weighted by Crippen LogP contribution is -2.38. The number of nitrogens with zero attached hydrogens (tertiary/aromatic N) is 3. The first-order valence-electron chi connectivity index (χ1n) is 12.8. The third-order valence-corrected chi connectivity index (χ3v) is 9.15. The van der Waals surface area contributed by atoms with Crippen LogP contribution in [0.25, 0.3) is 0 Å². The van der Waals surface area contributed by atoms with Crippen LogP contribution in [-0.2, 0) is 17.6 Å². The fraction of sp³-hybridized carbons (Fsp3) is 0.414. The van der Waals surface area contributed by atoms with E-state index in [1.54, 1.807) is 18.4 Å². The van der Waals surface area contributed by atoms with Crippen molar-refractivity contribution in [1.82, 2.24) is 14.8 Å². The second kappa shape index (κ2) is 11.4. The minimum absolute atomic E-state index is 0.0141. The molecule has 1 saturated heterocycles. The molecule has 194 valence electrons. The molecule has 1 atom stereocenters. The van der Waals surface area contributed by atoms with Crippen molar-refractivity contribution in [3.63, 3.8) is 0 Å². The summed E-state index contributed by atoms with van der Waals surface area (Å²) in [5.74, 6) is 1.10. The van der Waals surface area contributed by atoms with Gasteiger partial charge in [-0.1, -0.05) is 40.2 Å². The number of likely N-dealkylation sites (tertiary alicyclic amines) is 1. The van der Waals surface area contributed by atoms with Crippen LogP contribution in [0.2, 0.25) is 0 Å². The van der Waals surface area contributed by atoms with Crippen LogP contribution in [0.4, 0.5) is 0 Å². The summed E-state index contributed by atoms with van der Waals surface area (Å²) in [7, 11) is 3.53. The summed E-state index contributed by atoms with van der Waals surface area (Å²) in [4.78, 5) is 34.9. The van der Waals surface area contributed by atoms with E-state index in [-0.39, 0.29) is 23.8 Å². The summed E-state index contributed by atoms with van der Waals surface area (Å²) >= 11 is 5.05. The second-order valence-electron chi connectivity index (χ2n) is 9.88. The molecule has 1 fully saturated rings. The summed E-state index contributed by atoms with van der Waals surface area (Å²) in [6, 6.07) is 14.3. The average Bonchev–Trinajstić information content (AvgIpc) is 3.42. The van der Waals surface area contributed by atoms with Gasteiger partial charge in [-0.25, -0.2) is 4.98 Å². The van der Waals surface area contributed by atoms with Gasteiger partial charge in [0.2, 0.25) is 5.91 Å². The molecule has 6 nitrogen and oxygen atoms in total. The number of fused-ring (bicyclic) bond motifs is 1. The van der Waals surface area contributed by atoms with E-state index in [1.165, 1.54) is 11.1 Å². The SMILES string of the molecule is COc1ccc(Br)cc1CC(=O)N1CCC(c2nc(C(=O)N(C)C3CCCc4ccccc43)cs2)CC1. The maximum atomic E-state index is 13.3. The zero-order chi connectivity index (χ0) is 25.9. The standard InChI is InChI=1S/C29H32BrN3O3S/c1-32(25-9-5-7-19-6-3-4-8-23(19)25)29(35)24-18-37-28(31-24)20-12-14-33(15-13-20)27(34)17-21-16-22(30)10-11-26(21)36-2/h3-4,6,8,10-11,16,18,20,25H,5,7,9,12-15,17H2,1-2H3. The summed E-state index contributed by atoms with van der Waals surface area (Å²) < 4.78 is 6.36. The summed E-state index contributed by atoms with van der Waals surface area (Å²) in [5, 5.41) is 2.90. The molecule has 1 aliphatic carbocycles. The molecule has 1 aliphatic heterocycles. The molecule has 0 spiro atoms. The largest absolute Gasteiger partial charge is 0.496 e. The molecule has 1 unspecified atom stereocenters. The smallest absolute Gasteiger partial charge is 0.273 e. The topological polar surface area (TPSA) is 62.7 Å². The van der Waals surface area contributed by atoms with Crippen molar-refractivity contribution in [2.75, 3.05) is 27.2 Å². The molecule has 0 N–H and O–H groups in total. The fourth-order valence-corrected chi connectivity index (χ4v) is 6.94. The molecule has 2 aliphatic rings. The van der Waals surface area contributed by atoms with Gasteiger partial charge in [0.15, 0.2) is 0 Å². The molecule has 3 aromatic rings. The molecule has 5 rings (SSSR count). The second-order valence-corrected chi connectivity index (χ2v) is 11.7. The summed E-state index contributed by atoms with van der Waals surface area (Å²) in [5.41, 5.74) is 4.03. The van der Waals surface area contributed by atoms with Gasteiger partial charge >= 0.3 is 0 Å². The van der Waals surface area contributed by atoms with Crippen LogP contribution in [0.15, 0.2) is 52.3 Å². The number of carbonyl (C=O) groups is 2. The predicted molar refractivity (Wildman–Crippen MR) is 149 cm³/mol. The number of thiazole rings is 1. The zero-order valence-corrected chi connectivity index (χ0v) is 23.7. The monoisotopic (exact) mass is 581 g/mol. The minimum Gasteiger partial charge on any atom is -0.496 e. The first-order chi connectivity index (χ1) is 17.9. The number of ether oxygens (including phenoxy) is 1. The van der Waals surface area contributed by atoms with Crippen molar-refractivity contribution in [3.8, 4) is 5.75 Å². The Kier molecular flexibility index (Phi) is 7.95. The molecule has 0 saturated carbocycles. The molecule has 2 amide bonds. The summed E-state index contributed by atoms with van der Waals surface area (Å²) in [6.07, 6.45) is 5.18. The van der Waals surface area contributed by atoms with Crippen LogP contribution < -0.4 is 4.74 Å². The number of hydrogen-bond acceptors (Lipinski definition) is 5. The molecule has 1 aromatic heterocycles. The Balaban J connectivity index is 1.19. The number of hydrogen-bond donors (Lipinski definition) is 0. The molecule has 2 heterocycles. The lowest BCUT2D eigenvalue weighted by atomic mass is 9.87. The maximum Gasteiger partial charge on any atom is 0.273 e. The first kappa shape index (κ1) is 25.9. The molecule has 8 heteroatoms. The molecule has 2 aromatic carbocycles. The quantitative estimate of drug-likeness (QED) is 0.357. The summed E-state index contributed by atoms with van der Waals surface area (Å²) in [6.45, 7) is 1.39. The Morgan fingerprint density at radius 1 is 1.16 bits per heavy atom. The van der Waals surface area contributed by atoms with E-state index in [2.05, 4.69) is 40.2 Å². The van der Waals surface area contributed by atoms with Crippen molar-refractivity contribution in [2.24, 2.45) is 0 Å². The number of piperidine rings is 1. The minimum atomic E-state index is -0.0141. The van der Waals surface area contributed by atoms with Gasteiger partial charge in [-0.2, -0.15) is 0 Å². The van der Waals surface area contributed by atoms with E-state index >= 15 is 0 Å². The van der Waals surface area contributed by atoms with E-state index in [4.69, 9.17) is 9.72 Å². The van der Waals surface area contributed by atoms with Gasteiger partial charge in [-0.15, -0.1) is 11.3 Å². The number of aromatic nitrogens is 1. The highest BCUT2D eigenvalue weighted by molar-refractivity contribution is 9.10. The van der Waals surface area contributed by atoms with E-state index in [1.807, 2.05) is 40.4 Å². The normalized spacial score (nSPS) is 17.8. The Labute approximate surface area is 230 Å². The average molecular weight is 583 g/mol. The lowest BCUT2D eigenvalue weighted by molar-refractivity contribution is -0.131. The van der Waals surface area contributed by atoms with Gasteiger partial charge in [-0.3, -0.25) is 9.59 Å². The van der Waals surface area contributed by atoms with Crippen LogP contribution in [0.5, 0.6) is 5.75 Å². The lowest BCUT2D eigenvalue weighted by Gasteiger charge is -2.33. The maximum absolute atomic E-state index is 13.3. The van der Waals surface area contributed by atoms with Crippen LogP contribution in [0.1, 0.15) is 69.8 Å². The van der Waals surface area contributed by atoms with Crippen LogP contribution in [0.3, 0.4) is 0 Å². The number of carbonyl (C=O) groups excluding carboxylic acids is 2. The number of rotatable bonds is 6. The Bertz CT molecular complexity index is 1280. The number of aryl methyl sites for hydroxylation is 1. The third kappa shape index (κ3) is 5.60. The van der Waals surface area contributed by atoms with E-state index in [9.17, 15) is 9.59 Å². The van der Waals surface area contributed by atoms with E-state index < -0.39 is 0 Å². The number of halogens is 1. The Hall–Kier alpha value is -2.71. The molecule has 37 heavy (non-hydrogen) atoms. The van der Waals surface area contributed by atoms with Gasteiger partial charge in [0.1, 0.15) is 11.4 Å². The number of benzene rings is 2. The molecular weight excluding hydrogens is 550 g/mol. The van der Waals surface area contributed by atoms with Gasteiger partial charge in [0.05, 0.1) is 24.6 Å². The molecule has 0 bridgehead atoms. The van der Waals surface area contributed by atoms with Crippen molar-refractivity contribution < 1.29 is 14.3 Å². The fourth-order valence-electron chi connectivity index (χ4n) is 5.56. The van der Waals surface area contributed by atoms with Crippen LogP contribution in [0, 0.1) is 0 Å². The van der Waals surface area contributed by atoms with E-state index in [0.717, 1.165) is 52.9 Å². The van der Waals surface area contributed by atoms with Crippen molar-refractivity contribution in [3.05, 3.63) is 79.7 Å². The van der Waals surface area contributed by atoms with Crippen molar-refractivity contribution in [1.29, 1.82) is 0 Å². The first-order valence-corrected chi connectivity index (χ1v) is 14.5. The number of amides is 2. The van der Waals surface area contributed by atoms with Gasteiger partial charge in [0, 0.05) is 41.5 Å². The highest BCUT2D eigenvalue weighted by Crippen LogP contribution is 2.35.